The number of esters is 1. The van der Waals surface area contributed by atoms with E-state index in [1.165, 1.54) is 7.11 Å². The first-order chi connectivity index (χ1) is 10.5. The van der Waals surface area contributed by atoms with Crippen LogP contribution in [0.3, 0.4) is 0 Å². The minimum absolute atomic E-state index is 0.261. The molecule has 1 aromatic carbocycles. The molecule has 0 heterocycles. The number of benzene rings is 1. The summed E-state index contributed by atoms with van der Waals surface area (Å²) in [4.78, 5) is 23.8. The fourth-order valence-electron chi connectivity index (χ4n) is 2.63. The molecule has 1 aromatic rings. The van der Waals surface area contributed by atoms with Gasteiger partial charge in [-0.25, -0.2) is 0 Å². The van der Waals surface area contributed by atoms with Crippen molar-refractivity contribution in [2.45, 2.75) is 32.6 Å². The van der Waals surface area contributed by atoms with Crippen LogP contribution in [0.1, 0.15) is 48.5 Å². The lowest BCUT2D eigenvalue weighted by Gasteiger charge is -2.14. The molecule has 2 rings (SSSR count). The lowest BCUT2D eigenvalue weighted by molar-refractivity contribution is -0.141. The van der Waals surface area contributed by atoms with E-state index in [1.54, 1.807) is 20.1 Å². The van der Waals surface area contributed by atoms with E-state index in [9.17, 15) is 9.59 Å². The van der Waals surface area contributed by atoms with Gasteiger partial charge in [-0.15, -0.1) is 0 Å². The highest BCUT2D eigenvalue weighted by molar-refractivity contribution is 6.06. The van der Waals surface area contributed by atoms with Crippen molar-refractivity contribution in [3.05, 3.63) is 23.3 Å². The number of ether oxygens (including phenoxy) is 3. The van der Waals surface area contributed by atoms with E-state index in [0.29, 0.717) is 28.9 Å². The highest BCUT2D eigenvalue weighted by Gasteiger charge is 2.37. The standard InChI is InChI=1S/C17H22O5/c1-5-22-16(19)9-14(18)11-7-13(12-6-10(12)2)17(21-4)15(8-11)20-3/h7-8,10,12H,5-6,9H2,1-4H3. The number of ketones is 1. The van der Waals surface area contributed by atoms with Crippen LogP contribution in [0.4, 0.5) is 0 Å². The molecule has 0 N–H and O–H groups in total. The van der Waals surface area contributed by atoms with E-state index in [-0.39, 0.29) is 18.8 Å². The summed E-state index contributed by atoms with van der Waals surface area (Å²) >= 11 is 0. The van der Waals surface area contributed by atoms with Crippen LogP contribution in [0.25, 0.3) is 0 Å². The second kappa shape index (κ2) is 6.81. The molecule has 0 amide bonds. The first-order valence-electron chi connectivity index (χ1n) is 7.46. The Morgan fingerprint density at radius 2 is 1.91 bits per heavy atom. The number of rotatable bonds is 7. The smallest absolute Gasteiger partial charge is 0.313 e. The monoisotopic (exact) mass is 306 g/mol. The predicted octanol–water partition coefficient (Wildman–Crippen LogP) is 2.96. The fourth-order valence-corrected chi connectivity index (χ4v) is 2.63. The Hall–Kier alpha value is -2.04. The Balaban J connectivity index is 2.32. The van der Waals surface area contributed by atoms with Crippen LogP contribution >= 0.6 is 0 Å². The van der Waals surface area contributed by atoms with Crippen molar-refractivity contribution in [2.24, 2.45) is 5.92 Å². The van der Waals surface area contributed by atoms with Crippen LogP contribution in [0.15, 0.2) is 12.1 Å². The maximum atomic E-state index is 12.3. The maximum absolute atomic E-state index is 12.3. The molecule has 0 bridgehead atoms. The van der Waals surface area contributed by atoms with Gasteiger partial charge in [-0.2, -0.15) is 0 Å². The second-order valence-corrected chi connectivity index (χ2v) is 5.53. The molecular weight excluding hydrogens is 284 g/mol. The highest BCUT2D eigenvalue weighted by atomic mass is 16.5. The molecular formula is C17H22O5. The molecule has 0 radical (unpaired) electrons. The van der Waals surface area contributed by atoms with Gasteiger partial charge in [-0.05, 0) is 37.3 Å². The Morgan fingerprint density at radius 1 is 1.23 bits per heavy atom. The number of hydrogen-bond donors (Lipinski definition) is 0. The summed E-state index contributed by atoms with van der Waals surface area (Å²) in [6, 6.07) is 3.44. The van der Waals surface area contributed by atoms with E-state index >= 15 is 0 Å². The van der Waals surface area contributed by atoms with E-state index in [1.807, 2.05) is 6.07 Å². The number of methoxy groups -OCH3 is 2. The Bertz CT molecular complexity index is 579. The molecule has 1 aliphatic rings. The second-order valence-electron chi connectivity index (χ2n) is 5.53. The van der Waals surface area contributed by atoms with Crippen molar-refractivity contribution >= 4 is 11.8 Å². The molecule has 0 saturated heterocycles. The molecule has 22 heavy (non-hydrogen) atoms. The predicted molar refractivity (Wildman–Crippen MR) is 81.6 cm³/mol. The van der Waals surface area contributed by atoms with Gasteiger partial charge in [0.1, 0.15) is 6.42 Å². The molecule has 0 aliphatic heterocycles. The average molecular weight is 306 g/mol. The van der Waals surface area contributed by atoms with Crippen LogP contribution in [0.2, 0.25) is 0 Å². The summed E-state index contributed by atoms with van der Waals surface area (Å²) in [6.07, 6.45) is 0.804. The van der Waals surface area contributed by atoms with E-state index in [0.717, 1.165) is 12.0 Å². The molecule has 120 valence electrons. The summed E-state index contributed by atoms with van der Waals surface area (Å²) in [6.45, 7) is 4.14. The van der Waals surface area contributed by atoms with Crippen molar-refractivity contribution in [2.75, 3.05) is 20.8 Å². The molecule has 5 nitrogen and oxygen atoms in total. The number of hydrogen-bond acceptors (Lipinski definition) is 5. The highest BCUT2D eigenvalue weighted by Crippen LogP contribution is 2.52. The first-order valence-corrected chi connectivity index (χ1v) is 7.46. The fraction of sp³-hybridized carbons (Fsp3) is 0.529. The average Bonchev–Trinajstić information content (AvgIpc) is 3.22. The van der Waals surface area contributed by atoms with Gasteiger partial charge in [-0.1, -0.05) is 6.92 Å². The zero-order valence-electron chi connectivity index (χ0n) is 13.5. The van der Waals surface area contributed by atoms with E-state index in [4.69, 9.17) is 14.2 Å². The molecule has 1 fully saturated rings. The molecule has 2 atom stereocenters. The minimum Gasteiger partial charge on any atom is -0.493 e. The summed E-state index contributed by atoms with van der Waals surface area (Å²) in [7, 11) is 3.13. The van der Waals surface area contributed by atoms with Gasteiger partial charge in [0.05, 0.1) is 20.8 Å². The third-order valence-corrected chi connectivity index (χ3v) is 3.95. The van der Waals surface area contributed by atoms with Crippen LogP contribution < -0.4 is 9.47 Å². The van der Waals surface area contributed by atoms with Crippen molar-refractivity contribution in [1.29, 1.82) is 0 Å². The maximum Gasteiger partial charge on any atom is 0.313 e. The zero-order chi connectivity index (χ0) is 16.3. The lowest BCUT2D eigenvalue weighted by Crippen LogP contribution is -2.12. The molecule has 2 unspecified atom stereocenters. The summed E-state index contributed by atoms with van der Waals surface area (Å²) in [5.74, 6) is 1.35. The largest absolute Gasteiger partial charge is 0.493 e. The summed E-state index contributed by atoms with van der Waals surface area (Å²) in [5.41, 5.74) is 1.43. The van der Waals surface area contributed by atoms with Gasteiger partial charge in [0.2, 0.25) is 0 Å². The topological polar surface area (TPSA) is 61.8 Å². The number of Topliss-reactive ketones (excluding diaryl/α,β-unsaturated/α-hetero) is 1. The van der Waals surface area contributed by atoms with Gasteiger partial charge in [0, 0.05) is 11.1 Å². The van der Waals surface area contributed by atoms with Crippen molar-refractivity contribution < 1.29 is 23.8 Å². The quantitative estimate of drug-likeness (QED) is 0.440. The SMILES string of the molecule is CCOC(=O)CC(=O)c1cc(OC)c(OC)c(C2CC2C)c1. The van der Waals surface area contributed by atoms with Crippen LogP contribution in [-0.2, 0) is 9.53 Å². The Kier molecular flexibility index (Phi) is 5.06. The Labute approximate surface area is 130 Å². The van der Waals surface area contributed by atoms with Gasteiger partial charge in [0.15, 0.2) is 17.3 Å². The summed E-state index contributed by atoms with van der Waals surface area (Å²) in [5, 5.41) is 0. The third-order valence-electron chi connectivity index (χ3n) is 3.95. The normalized spacial score (nSPS) is 19.5. The van der Waals surface area contributed by atoms with Crippen LogP contribution in [-0.4, -0.2) is 32.6 Å². The molecule has 1 aliphatic carbocycles. The summed E-state index contributed by atoms with van der Waals surface area (Å²) < 4.78 is 15.6. The zero-order valence-corrected chi connectivity index (χ0v) is 13.5. The Morgan fingerprint density at radius 3 is 2.41 bits per heavy atom. The molecule has 5 heteroatoms. The number of carbonyl (C=O) groups is 2. The van der Waals surface area contributed by atoms with Crippen molar-refractivity contribution in [1.82, 2.24) is 0 Å². The van der Waals surface area contributed by atoms with Crippen molar-refractivity contribution in [3.8, 4) is 11.5 Å². The van der Waals surface area contributed by atoms with Gasteiger partial charge in [0.25, 0.3) is 0 Å². The van der Waals surface area contributed by atoms with Crippen LogP contribution in [0, 0.1) is 5.92 Å². The molecule has 0 aromatic heterocycles. The van der Waals surface area contributed by atoms with E-state index in [2.05, 4.69) is 6.92 Å². The van der Waals surface area contributed by atoms with Gasteiger partial charge < -0.3 is 14.2 Å². The van der Waals surface area contributed by atoms with Gasteiger partial charge in [-0.3, -0.25) is 9.59 Å². The molecule has 1 saturated carbocycles. The van der Waals surface area contributed by atoms with Crippen molar-refractivity contribution in [3.63, 3.8) is 0 Å². The third kappa shape index (κ3) is 3.40. The van der Waals surface area contributed by atoms with Gasteiger partial charge >= 0.3 is 5.97 Å². The number of carbonyl (C=O) groups excluding carboxylic acids is 2. The molecule has 0 spiro atoms. The van der Waals surface area contributed by atoms with E-state index < -0.39 is 5.97 Å². The lowest BCUT2D eigenvalue weighted by atomic mass is 10.00. The minimum atomic E-state index is -0.511. The van der Waals surface area contributed by atoms with Crippen LogP contribution in [0.5, 0.6) is 11.5 Å². The first kappa shape index (κ1) is 16.3.